The van der Waals surface area contributed by atoms with Crippen LogP contribution in [0.4, 0.5) is 0 Å². The van der Waals surface area contributed by atoms with E-state index in [-0.39, 0.29) is 11.5 Å². The number of phenolic OH excluding ortho intramolecular Hbond substituents is 2. The monoisotopic (exact) mass is 334 g/mol. The third kappa shape index (κ3) is 6.34. The van der Waals surface area contributed by atoms with E-state index >= 15 is 0 Å². The predicted molar refractivity (Wildman–Crippen MR) is 103 cm³/mol. The third-order valence-electron chi connectivity index (χ3n) is 3.97. The van der Waals surface area contributed by atoms with E-state index in [1.807, 2.05) is 24.8 Å². The number of thioether (sulfide) groups is 1. The second-order valence-corrected chi connectivity index (χ2v) is 7.04. The van der Waals surface area contributed by atoms with E-state index in [1.165, 1.54) is 18.1 Å². The van der Waals surface area contributed by atoms with Crippen molar-refractivity contribution in [2.75, 3.05) is 12.0 Å². The Balaban J connectivity index is 0.000000816. The van der Waals surface area contributed by atoms with E-state index in [4.69, 9.17) is 0 Å². The normalized spacial score (nSPS) is 17.0. The summed E-state index contributed by atoms with van der Waals surface area (Å²) in [5.74, 6) is 1.82. The quantitative estimate of drug-likeness (QED) is 0.528. The lowest BCUT2D eigenvalue weighted by atomic mass is 9.82. The minimum Gasteiger partial charge on any atom is -0.508 e. The van der Waals surface area contributed by atoms with Crippen LogP contribution in [0.15, 0.2) is 36.4 Å². The molecule has 1 aliphatic rings. The van der Waals surface area contributed by atoms with Gasteiger partial charge in [0, 0.05) is 17.5 Å². The topological polar surface area (TPSA) is 40.5 Å². The van der Waals surface area contributed by atoms with Crippen molar-refractivity contribution in [1.82, 2.24) is 0 Å². The maximum atomic E-state index is 10.3. The lowest BCUT2D eigenvalue weighted by molar-refractivity contribution is 0.439. The molecule has 0 bridgehead atoms. The molecular weight excluding hydrogens is 304 g/mol. The van der Waals surface area contributed by atoms with Crippen LogP contribution < -0.4 is 0 Å². The largest absolute Gasteiger partial charge is 0.508 e. The van der Waals surface area contributed by atoms with Gasteiger partial charge in [0.1, 0.15) is 11.5 Å². The van der Waals surface area contributed by atoms with Gasteiger partial charge in [0.15, 0.2) is 0 Å². The molecule has 2 rings (SSSR count). The minimum absolute atomic E-state index is 0.168. The number of rotatable bonds is 5. The molecule has 3 heteroatoms. The number of hydrogen-bond donors (Lipinski definition) is 2. The van der Waals surface area contributed by atoms with Crippen molar-refractivity contribution in [3.05, 3.63) is 47.6 Å². The number of aromatic hydroxyl groups is 2. The molecule has 1 atom stereocenters. The van der Waals surface area contributed by atoms with Crippen molar-refractivity contribution in [2.45, 2.75) is 51.9 Å². The fourth-order valence-electron chi connectivity index (χ4n) is 3.06. The molecule has 0 radical (unpaired) electrons. The highest BCUT2D eigenvalue weighted by atomic mass is 32.2. The number of phenols is 2. The van der Waals surface area contributed by atoms with Gasteiger partial charge in [0.2, 0.25) is 0 Å². The van der Waals surface area contributed by atoms with E-state index in [0.29, 0.717) is 5.92 Å². The molecule has 0 spiro atoms. The molecule has 23 heavy (non-hydrogen) atoms. The smallest absolute Gasteiger partial charge is 0.123 e. The fourth-order valence-corrected chi connectivity index (χ4v) is 3.49. The van der Waals surface area contributed by atoms with Gasteiger partial charge in [0.05, 0.1) is 0 Å². The number of hydrogen-bond acceptors (Lipinski definition) is 3. The molecule has 0 aromatic heterocycles. The molecule has 2 N–H and O–H groups in total. The van der Waals surface area contributed by atoms with E-state index in [9.17, 15) is 10.2 Å². The first kappa shape index (κ1) is 19.7. The molecule has 1 aliphatic carbocycles. The average molecular weight is 335 g/mol. The zero-order chi connectivity index (χ0) is 17.2. The van der Waals surface area contributed by atoms with Crippen molar-refractivity contribution in [3.63, 3.8) is 0 Å². The minimum atomic E-state index is 0.168. The van der Waals surface area contributed by atoms with Gasteiger partial charge in [-0.3, -0.25) is 0 Å². The molecule has 1 aromatic rings. The van der Waals surface area contributed by atoms with E-state index < -0.39 is 0 Å². The van der Waals surface area contributed by atoms with Crippen molar-refractivity contribution in [1.29, 1.82) is 0 Å². The molecule has 0 fully saturated rings. The van der Waals surface area contributed by atoms with E-state index in [2.05, 4.69) is 25.8 Å². The van der Waals surface area contributed by atoms with Crippen molar-refractivity contribution < 1.29 is 10.2 Å². The predicted octanol–water partition coefficient (Wildman–Crippen LogP) is 5.80. The number of allylic oxidation sites excluding steroid dienone is 3. The lowest BCUT2D eigenvalue weighted by Crippen LogP contribution is -2.06. The van der Waals surface area contributed by atoms with Crippen LogP contribution in [0.5, 0.6) is 11.5 Å². The second-order valence-electron chi connectivity index (χ2n) is 6.05. The molecule has 0 aliphatic heterocycles. The van der Waals surface area contributed by atoms with Crippen molar-refractivity contribution >= 4 is 11.8 Å². The summed E-state index contributed by atoms with van der Waals surface area (Å²) in [5.41, 5.74) is 3.54. The Morgan fingerprint density at radius 2 is 2.04 bits per heavy atom. The van der Waals surface area contributed by atoms with Gasteiger partial charge in [-0.15, -0.1) is 6.58 Å². The summed E-state index contributed by atoms with van der Waals surface area (Å²) in [4.78, 5) is 0. The average Bonchev–Trinajstić information content (AvgIpc) is 2.47. The van der Waals surface area contributed by atoms with Gasteiger partial charge in [-0.2, -0.15) is 11.8 Å². The Morgan fingerprint density at radius 1 is 1.35 bits per heavy atom. The maximum Gasteiger partial charge on any atom is 0.123 e. The molecule has 0 saturated carbocycles. The van der Waals surface area contributed by atoms with Gasteiger partial charge in [-0.1, -0.05) is 17.7 Å². The molecule has 0 amide bonds. The Kier molecular flexibility index (Phi) is 8.93. The zero-order valence-electron chi connectivity index (χ0n) is 14.6. The van der Waals surface area contributed by atoms with Gasteiger partial charge >= 0.3 is 0 Å². The van der Waals surface area contributed by atoms with Crippen LogP contribution in [0.1, 0.15) is 56.6 Å². The molecule has 0 heterocycles. The maximum absolute atomic E-state index is 10.3. The van der Waals surface area contributed by atoms with Crippen molar-refractivity contribution in [3.8, 4) is 11.5 Å². The van der Waals surface area contributed by atoms with Crippen LogP contribution in [-0.4, -0.2) is 22.2 Å². The van der Waals surface area contributed by atoms with Crippen LogP contribution >= 0.6 is 11.8 Å². The van der Waals surface area contributed by atoms with Crippen LogP contribution in [0.25, 0.3) is 0 Å². The summed E-state index contributed by atoms with van der Waals surface area (Å²) in [6.45, 7) is 7.41. The van der Waals surface area contributed by atoms with Gasteiger partial charge in [-0.25, -0.2) is 0 Å². The molecule has 1 aromatic carbocycles. The Morgan fingerprint density at radius 3 is 2.65 bits per heavy atom. The van der Waals surface area contributed by atoms with E-state index in [0.717, 1.165) is 42.6 Å². The summed E-state index contributed by atoms with van der Waals surface area (Å²) in [6.07, 6.45) is 11.6. The Hall–Kier alpha value is -1.35. The molecule has 2 nitrogen and oxygen atoms in total. The lowest BCUT2D eigenvalue weighted by Gasteiger charge is -2.23. The van der Waals surface area contributed by atoms with Gasteiger partial charge in [-0.05, 0) is 69.6 Å². The first-order chi connectivity index (χ1) is 11.0. The highest BCUT2D eigenvalue weighted by Gasteiger charge is 2.21. The number of benzene rings is 1. The van der Waals surface area contributed by atoms with Crippen LogP contribution in [0.3, 0.4) is 0 Å². The SMILES string of the molecule is C=CC.CSCCCc1cc(O)cc(O)c1C1C=C(C)CCC1. The third-order valence-corrected chi connectivity index (χ3v) is 4.66. The highest BCUT2D eigenvalue weighted by molar-refractivity contribution is 7.98. The highest BCUT2D eigenvalue weighted by Crippen LogP contribution is 2.40. The number of aryl methyl sites for hydroxylation is 1. The van der Waals surface area contributed by atoms with Gasteiger partial charge < -0.3 is 10.2 Å². The summed E-state index contributed by atoms with van der Waals surface area (Å²) in [6, 6.07) is 3.30. The molecule has 1 unspecified atom stereocenters. The first-order valence-electron chi connectivity index (χ1n) is 8.31. The summed E-state index contributed by atoms with van der Waals surface area (Å²) >= 11 is 1.83. The Bertz CT molecular complexity index is 535. The Labute approximate surface area is 145 Å². The first-order valence-corrected chi connectivity index (χ1v) is 9.70. The second kappa shape index (κ2) is 10.4. The van der Waals surface area contributed by atoms with Gasteiger partial charge in [0.25, 0.3) is 0 Å². The standard InChI is InChI=1S/C17H24O2S.C3H6/c1-12-5-3-6-13(9-12)17-14(7-4-8-20-2)10-15(18)11-16(17)19;1-3-2/h9-11,13,18-19H,3-8H2,1-2H3;3H,1H2,2H3. The van der Waals surface area contributed by atoms with Crippen LogP contribution in [0, 0.1) is 0 Å². The van der Waals surface area contributed by atoms with Crippen molar-refractivity contribution in [2.24, 2.45) is 0 Å². The molecular formula is C20H30O2S. The van der Waals surface area contributed by atoms with Crippen LogP contribution in [-0.2, 0) is 6.42 Å². The zero-order valence-corrected chi connectivity index (χ0v) is 15.5. The summed E-state index contributed by atoms with van der Waals surface area (Å²) in [7, 11) is 0. The van der Waals surface area contributed by atoms with Crippen LogP contribution in [0.2, 0.25) is 0 Å². The van der Waals surface area contributed by atoms with E-state index in [1.54, 1.807) is 6.08 Å². The molecule has 128 valence electrons. The molecule has 0 saturated heterocycles. The summed E-state index contributed by atoms with van der Waals surface area (Å²) in [5, 5.41) is 20.0. The fraction of sp³-hybridized carbons (Fsp3) is 0.500. The summed E-state index contributed by atoms with van der Waals surface area (Å²) < 4.78 is 0.